The number of unbranched alkanes of at least 4 members (excludes halogenated alkanes) is 5. The average Bonchev–Trinajstić information content (AvgIpc) is 2.56. The lowest BCUT2D eigenvalue weighted by Gasteiger charge is -2.15. The highest BCUT2D eigenvalue weighted by atomic mass is 35.5. The SMILES string of the molecule is CCCCCCCCc1ccc(CCP(=O)(O)O)c(C[C@H](N)C(=O)O)c1.Cl. The fraction of sp³-hybridized carbons (Fsp3) is 0.632. The second kappa shape index (κ2) is 13.3. The summed E-state index contributed by atoms with van der Waals surface area (Å²) in [5, 5.41) is 9.06. The van der Waals surface area contributed by atoms with Crippen LogP contribution in [0.5, 0.6) is 0 Å². The van der Waals surface area contributed by atoms with Crippen LogP contribution in [0.1, 0.15) is 62.1 Å². The molecule has 0 amide bonds. The molecule has 0 saturated heterocycles. The van der Waals surface area contributed by atoms with Gasteiger partial charge in [0.25, 0.3) is 0 Å². The molecule has 0 aliphatic heterocycles. The van der Waals surface area contributed by atoms with Crippen molar-refractivity contribution < 1.29 is 24.3 Å². The van der Waals surface area contributed by atoms with Gasteiger partial charge in [0.15, 0.2) is 0 Å². The molecule has 0 radical (unpaired) electrons. The van der Waals surface area contributed by atoms with Gasteiger partial charge in [-0.15, -0.1) is 12.4 Å². The van der Waals surface area contributed by atoms with Crippen molar-refractivity contribution in [3.63, 3.8) is 0 Å². The van der Waals surface area contributed by atoms with Crippen LogP contribution in [-0.4, -0.2) is 33.1 Å². The van der Waals surface area contributed by atoms with Gasteiger partial charge < -0.3 is 20.6 Å². The summed E-state index contributed by atoms with van der Waals surface area (Å²) in [6, 6.07) is 4.75. The largest absolute Gasteiger partial charge is 0.480 e. The number of carboxylic acid groups (broad SMARTS) is 1. The van der Waals surface area contributed by atoms with Crippen LogP contribution in [0.4, 0.5) is 0 Å². The van der Waals surface area contributed by atoms with Gasteiger partial charge in [-0.25, -0.2) is 0 Å². The monoisotopic (exact) mass is 421 g/mol. The summed E-state index contributed by atoms with van der Waals surface area (Å²) in [7, 11) is -4.09. The Labute approximate surface area is 168 Å². The second-order valence-corrected chi connectivity index (χ2v) is 8.68. The Bertz CT molecular complexity index is 620. The molecule has 0 aliphatic carbocycles. The smallest absolute Gasteiger partial charge is 0.325 e. The van der Waals surface area contributed by atoms with Crippen LogP contribution >= 0.6 is 20.0 Å². The number of rotatable bonds is 13. The van der Waals surface area contributed by atoms with Crippen molar-refractivity contribution in [1.29, 1.82) is 0 Å². The van der Waals surface area contributed by atoms with E-state index in [1.54, 1.807) is 0 Å². The van der Waals surface area contributed by atoms with E-state index in [0.717, 1.165) is 29.5 Å². The van der Waals surface area contributed by atoms with Crippen LogP contribution in [0, 0.1) is 0 Å². The quantitative estimate of drug-likeness (QED) is 0.285. The van der Waals surface area contributed by atoms with E-state index in [-0.39, 0.29) is 31.4 Å². The molecule has 1 aromatic rings. The molecule has 0 fully saturated rings. The molecule has 0 heterocycles. The molecule has 156 valence electrons. The Morgan fingerprint density at radius 1 is 1.07 bits per heavy atom. The van der Waals surface area contributed by atoms with Crippen molar-refractivity contribution in [3.8, 4) is 0 Å². The fourth-order valence-electron chi connectivity index (χ4n) is 2.97. The van der Waals surface area contributed by atoms with Crippen molar-refractivity contribution >= 4 is 26.0 Å². The van der Waals surface area contributed by atoms with Gasteiger partial charge in [0.2, 0.25) is 0 Å². The molecule has 0 bridgehead atoms. The van der Waals surface area contributed by atoms with E-state index in [9.17, 15) is 9.36 Å². The van der Waals surface area contributed by atoms with Crippen LogP contribution in [0.3, 0.4) is 0 Å². The van der Waals surface area contributed by atoms with Gasteiger partial charge in [-0.05, 0) is 42.4 Å². The number of benzene rings is 1. The number of hydrogen-bond acceptors (Lipinski definition) is 3. The molecule has 0 aliphatic rings. The van der Waals surface area contributed by atoms with Crippen molar-refractivity contribution in [2.45, 2.75) is 70.8 Å². The zero-order valence-corrected chi connectivity index (χ0v) is 17.7. The lowest BCUT2D eigenvalue weighted by molar-refractivity contribution is -0.138. The number of carboxylic acids is 1. The number of aliphatic carboxylic acids is 1. The van der Waals surface area contributed by atoms with E-state index in [0.29, 0.717) is 0 Å². The fourth-order valence-corrected chi connectivity index (χ4v) is 3.50. The van der Waals surface area contributed by atoms with Gasteiger partial charge in [-0.2, -0.15) is 0 Å². The molecule has 5 N–H and O–H groups in total. The summed E-state index contributed by atoms with van der Waals surface area (Å²) in [6.07, 6.45) is 8.27. The highest BCUT2D eigenvalue weighted by molar-refractivity contribution is 7.51. The van der Waals surface area contributed by atoms with Crippen LogP contribution in [-0.2, 0) is 28.6 Å². The highest BCUT2D eigenvalue weighted by Crippen LogP contribution is 2.35. The number of carbonyl (C=O) groups is 1. The first-order valence-electron chi connectivity index (χ1n) is 9.36. The van der Waals surface area contributed by atoms with Gasteiger partial charge in [0, 0.05) is 0 Å². The predicted octanol–water partition coefficient (Wildman–Crippen LogP) is 3.69. The van der Waals surface area contributed by atoms with Crippen LogP contribution in [0.15, 0.2) is 18.2 Å². The minimum atomic E-state index is -4.09. The highest BCUT2D eigenvalue weighted by Gasteiger charge is 2.18. The molecule has 1 aromatic carbocycles. The van der Waals surface area contributed by atoms with Gasteiger partial charge in [0.1, 0.15) is 6.04 Å². The third-order valence-corrected chi connectivity index (χ3v) is 5.33. The predicted molar refractivity (Wildman–Crippen MR) is 111 cm³/mol. The van der Waals surface area contributed by atoms with E-state index < -0.39 is 19.6 Å². The molecular formula is C19H33ClNO5P. The number of nitrogens with two attached hydrogens (primary N) is 1. The molecule has 0 saturated carbocycles. The second-order valence-electron chi connectivity index (χ2n) is 6.91. The molecule has 1 atom stereocenters. The Balaban J connectivity index is 0.00000676. The Morgan fingerprint density at radius 3 is 2.30 bits per heavy atom. The van der Waals surface area contributed by atoms with Crippen molar-refractivity contribution in [2.24, 2.45) is 5.73 Å². The Morgan fingerprint density at radius 2 is 1.70 bits per heavy atom. The first-order valence-corrected chi connectivity index (χ1v) is 11.2. The number of halogens is 1. The zero-order chi connectivity index (χ0) is 19.6. The van der Waals surface area contributed by atoms with Crippen LogP contribution in [0.25, 0.3) is 0 Å². The van der Waals surface area contributed by atoms with Gasteiger partial charge in [0.05, 0.1) is 6.16 Å². The first kappa shape index (κ1) is 26.1. The maximum atomic E-state index is 11.1. The lowest BCUT2D eigenvalue weighted by atomic mass is 9.94. The maximum Gasteiger partial charge on any atom is 0.325 e. The van der Waals surface area contributed by atoms with Crippen LogP contribution in [0.2, 0.25) is 0 Å². The summed E-state index contributed by atoms with van der Waals surface area (Å²) in [6.45, 7) is 2.19. The third kappa shape index (κ3) is 11.5. The van der Waals surface area contributed by atoms with Gasteiger partial charge in [-0.1, -0.05) is 57.2 Å². The number of hydrogen-bond donors (Lipinski definition) is 4. The normalized spacial score (nSPS) is 12.4. The lowest BCUT2D eigenvalue weighted by Crippen LogP contribution is -2.32. The molecule has 8 heteroatoms. The molecule has 1 rings (SSSR count). The van der Waals surface area contributed by atoms with E-state index in [2.05, 4.69) is 6.92 Å². The Kier molecular flexibility index (Phi) is 12.8. The summed E-state index contributed by atoms with van der Waals surface area (Å²) in [5.41, 5.74) is 8.32. The molecule has 27 heavy (non-hydrogen) atoms. The summed E-state index contributed by atoms with van der Waals surface area (Å²) in [4.78, 5) is 29.2. The van der Waals surface area contributed by atoms with E-state index >= 15 is 0 Å². The summed E-state index contributed by atoms with van der Waals surface area (Å²) < 4.78 is 11.1. The third-order valence-electron chi connectivity index (χ3n) is 4.52. The first-order chi connectivity index (χ1) is 12.2. The van der Waals surface area contributed by atoms with E-state index in [1.165, 1.54) is 32.1 Å². The van der Waals surface area contributed by atoms with Crippen molar-refractivity contribution in [2.75, 3.05) is 6.16 Å². The average molecular weight is 422 g/mol. The van der Waals surface area contributed by atoms with E-state index in [4.69, 9.17) is 20.6 Å². The minimum absolute atomic E-state index is 0. The van der Waals surface area contributed by atoms with E-state index in [1.807, 2.05) is 18.2 Å². The Hall–Kier alpha value is -0.910. The zero-order valence-electron chi connectivity index (χ0n) is 16.0. The maximum absolute atomic E-state index is 11.1. The van der Waals surface area contributed by atoms with Crippen LogP contribution < -0.4 is 5.73 Å². The summed E-state index contributed by atoms with van der Waals surface area (Å²) in [5.74, 6) is -1.08. The van der Waals surface area contributed by atoms with Gasteiger partial charge in [-0.3, -0.25) is 9.36 Å². The molecule has 0 spiro atoms. The number of aryl methyl sites for hydroxylation is 2. The molecule has 0 unspecified atom stereocenters. The molecule has 6 nitrogen and oxygen atoms in total. The van der Waals surface area contributed by atoms with Gasteiger partial charge >= 0.3 is 13.6 Å². The minimum Gasteiger partial charge on any atom is -0.480 e. The molecule has 0 aromatic heterocycles. The van der Waals surface area contributed by atoms with Crippen molar-refractivity contribution in [3.05, 3.63) is 34.9 Å². The molecular weight excluding hydrogens is 389 g/mol. The topological polar surface area (TPSA) is 121 Å². The van der Waals surface area contributed by atoms with Crippen molar-refractivity contribution in [1.82, 2.24) is 0 Å². The standard InChI is InChI=1S/C19H32NO5P.ClH/c1-2-3-4-5-6-7-8-15-9-10-16(11-12-26(23,24)25)17(13-15)14-18(20)19(21)22;/h9-10,13,18H,2-8,11-12,14,20H2,1H3,(H,21,22)(H2,23,24,25);1H/t18-;/m0./s1. The summed E-state index contributed by atoms with van der Waals surface area (Å²) >= 11 is 0.